The Bertz CT molecular complexity index is 308. The molecule has 0 atom stereocenters. The highest BCUT2D eigenvalue weighted by molar-refractivity contribution is 5.86. The minimum atomic E-state index is -1.08. The summed E-state index contributed by atoms with van der Waals surface area (Å²) in [7, 11) is 0. The van der Waals surface area contributed by atoms with E-state index in [4.69, 9.17) is 17.3 Å². The Kier molecular flexibility index (Phi) is 6.29. The molecule has 96 valence electrons. The first-order chi connectivity index (χ1) is 7.97. The Labute approximate surface area is 102 Å². The van der Waals surface area contributed by atoms with E-state index in [1.165, 1.54) is 4.90 Å². The second-order valence-electron chi connectivity index (χ2n) is 3.95. The van der Waals surface area contributed by atoms with E-state index in [9.17, 15) is 9.59 Å². The number of carboxylic acids is 1. The smallest absolute Gasteiger partial charge is 0.323 e. The van der Waals surface area contributed by atoms with Crippen molar-refractivity contribution in [3.8, 4) is 12.3 Å². The fourth-order valence-electron chi connectivity index (χ4n) is 1.74. The predicted molar refractivity (Wildman–Crippen MR) is 65.1 cm³/mol. The van der Waals surface area contributed by atoms with Crippen LogP contribution in [-0.4, -0.2) is 41.5 Å². The van der Waals surface area contributed by atoms with Crippen LogP contribution in [0.3, 0.4) is 0 Å². The first kappa shape index (κ1) is 15.5. The summed E-state index contributed by atoms with van der Waals surface area (Å²) in [6.45, 7) is 3.53. The average molecular weight is 240 g/mol. The standard InChI is InChI=1S/C12H20N2O3/c1-4-7-14(8-10(15)16)11(17)12(5-2,6-3)9-13/h1H,5-9,13H2,2-3H3,(H,15,16). The van der Waals surface area contributed by atoms with Crippen LogP contribution < -0.4 is 5.73 Å². The van der Waals surface area contributed by atoms with Gasteiger partial charge in [-0.1, -0.05) is 19.8 Å². The first-order valence-electron chi connectivity index (χ1n) is 5.62. The molecule has 1 amide bonds. The van der Waals surface area contributed by atoms with E-state index in [2.05, 4.69) is 5.92 Å². The molecule has 5 nitrogen and oxygen atoms in total. The molecule has 0 aromatic carbocycles. The Hall–Kier alpha value is -1.54. The molecule has 0 saturated carbocycles. The van der Waals surface area contributed by atoms with Crippen LogP contribution in [0.2, 0.25) is 0 Å². The molecule has 17 heavy (non-hydrogen) atoms. The van der Waals surface area contributed by atoms with E-state index in [0.29, 0.717) is 12.8 Å². The molecule has 0 aliphatic carbocycles. The zero-order valence-electron chi connectivity index (χ0n) is 10.4. The summed E-state index contributed by atoms with van der Waals surface area (Å²) in [5, 5.41) is 8.75. The van der Waals surface area contributed by atoms with Gasteiger partial charge in [0, 0.05) is 6.54 Å². The Balaban J connectivity index is 5.04. The van der Waals surface area contributed by atoms with Crippen molar-refractivity contribution >= 4 is 11.9 Å². The van der Waals surface area contributed by atoms with Crippen molar-refractivity contribution in [2.75, 3.05) is 19.6 Å². The van der Waals surface area contributed by atoms with Gasteiger partial charge in [0.15, 0.2) is 0 Å². The molecule has 0 aromatic rings. The van der Waals surface area contributed by atoms with Crippen molar-refractivity contribution in [1.82, 2.24) is 4.90 Å². The summed E-state index contributed by atoms with van der Waals surface area (Å²) in [6.07, 6.45) is 6.28. The third kappa shape index (κ3) is 3.75. The lowest BCUT2D eigenvalue weighted by molar-refractivity contribution is -0.149. The number of hydrogen-bond acceptors (Lipinski definition) is 3. The second-order valence-corrected chi connectivity index (χ2v) is 3.95. The SMILES string of the molecule is C#CCN(CC(=O)O)C(=O)C(CC)(CC)CN. The van der Waals surface area contributed by atoms with Crippen molar-refractivity contribution in [3.05, 3.63) is 0 Å². The van der Waals surface area contributed by atoms with Gasteiger partial charge in [0.2, 0.25) is 5.91 Å². The molecule has 0 aliphatic rings. The van der Waals surface area contributed by atoms with Gasteiger partial charge < -0.3 is 15.7 Å². The third-order valence-electron chi connectivity index (χ3n) is 3.09. The second kappa shape index (κ2) is 6.92. The van der Waals surface area contributed by atoms with Gasteiger partial charge >= 0.3 is 5.97 Å². The van der Waals surface area contributed by atoms with Gasteiger partial charge in [-0.15, -0.1) is 6.42 Å². The van der Waals surface area contributed by atoms with Gasteiger partial charge in [-0.05, 0) is 12.8 Å². The summed E-state index contributed by atoms with van der Waals surface area (Å²) in [6, 6.07) is 0. The van der Waals surface area contributed by atoms with Gasteiger partial charge in [-0.25, -0.2) is 0 Å². The molecule has 0 unspecified atom stereocenters. The van der Waals surface area contributed by atoms with Crippen molar-refractivity contribution in [3.63, 3.8) is 0 Å². The van der Waals surface area contributed by atoms with E-state index >= 15 is 0 Å². The highest BCUT2D eigenvalue weighted by Gasteiger charge is 2.37. The van der Waals surface area contributed by atoms with Gasteiger partial charge in [0.1, 0.15) is 6.54 Å². The van der Waals surface area contributed by atoms with E-state index in [0.717, 1.165) is 0 Å². The van der Waals surface area contributed by atoms with Crippen molar-refractivity contribution < 1.29 is 14.7 Å². The van der Waals surface area contributed by atoms with Crippen molar-refractivity contribution in [2.45, 2.75) is 26.7 Å². The van der Waals surface area contributed by atoms with Gasteiger partial charge in [-0.3, -0.25) is 9.59 Å². The fraction of sp³-hybridized carbons (Fsp3) is 0.667. The molecule has 0 rings (SSSR count). The van der Waals surface area contributed by atoms with Crippen LogP contribution in [-0.2, 0) is 9.59 Å². The number of carbonyl (C=O) groups is 2. The number of terminal acetylenes is 1. The van der Waals surface area contributed by atoms with E-state index < -0.39 is 11.4 Å². The lowest BCUT2D eigenvalue weighted by Gasteiger charge is -2.33. The number of nitrogens with two attached hydrogens (primary N) is 1. The van der Waals surface area contributed by atoms with Crippen LogP contribution in [0.15, 0.2) is 0 Å². The highest BCUT2D eigenvalue weighted by Crippen LogP contribution is 2.27. The van der Waals surface area contributed by atoms with Crippen LogP contribution >= 0.6 is 0 Å². The quantitative estimate of drug-likeness (QED) is 0.627. The number of amides is 1. The molecule has 3 N–H and O–H groups in total. The summed E-state index contributed by atoms with van der Waals surface area (Å²) in [5.41, 5.74) is 4.95. The van der Waals surface area contributed by atoms with Gasteiger partial charge in [0.25, 0.3) is 0 Å². The van der Waals surface area contributed by atoms with E-state index in [1.54, 1.807) is 0 Å². The number of carboxylic acid groups (broad SMARTS) is 1. The normalized spacial score (nSPS) is 10.7. The minimum Gasteiger partial charge on any atom is -0.480 e. The lowest BCUT2D eigenvalue weighted by atomic mass is 9.81. The number of carbonyl (C=O) groups excluding carboxylic acids is 1. The third-order valence-corrected chi connectivity index (χ3v) is 3.09. The molecular formula is C12H20N2O3. The van der Waals surface area contributed by atoms with Crippen LogP contribution in [0.5, 0.6) is 0 Å². The van der Waals surface area contributed by atoms with Gasteiger partial charge in [0.05, 0.1) is 12.0 Å². The topological polar surface area (TPSA) is 83.6 Å². The highest BCUT2D eigenvalue weighted by atomic mass is 16.4. The summed E-state index contributed by atoms with van der Waals surface area (Å²) >= 11 is 0. The monoisotopic (exact) mass is 240 g/mol. The average Bonchev–Trinajstić information content (AvgIpc) is 2.30. The predicted octanol–water partition coefficient (Wildman–Crippen LogP) is 0.298. The lowest BCUT2D eigenvalue weighted by Crippen LogP contribution is -2.49. The molecular weight excluding hydrogens is 220 g/mol. The maximum Gasteiger partial charge on any atom is 0.323 e. The molecule has 0 aromatic heterocycles. The zero-order valence-corrected chi connectivity index (χ0v) is 10.4. The molecule has 0 heterocycles. The molecule has 0 aliphatic heterocycles. The molecule has 5 heteroatoms. The molecule has 0 saturated heterocycles. The molecule has 0 radical (unpaired) electrons. The first-order valence-corrected chi connectivity index (χ1v) is 5.62. The van der Waals surface area contributed by atoms with E-state index in [1.807, 2.05) is 13.8 Å². The van der Waals surface area contributed by atoms with Crippen molar-refractivity contribution in [2.24, 2.45) is 11.1 Å². The minimum absolute atomic E-state index is 0.00706. The van der Waals surface area contributed by atoms with Crippen molar-refractivity contribution in [1.29, 1.82) is 0 Å². The van der Waals surface area contributed by atoms with Crippen LogP contribution in [0.4, 0.5) is 0 Å². The zero-order chi connectivity index (χ0) is 13.5. The largest absolute Gasteiger partial charge is 0.480 e. The Morgan fingerprint density at radius 1 is 1.41 bits per heavy atom. The maximum absolute atomic E-state index is 12.3. The summed E-state index contributed by atoms with van der Waals surface area (Å²) in [4.78, 5) is 24.1. The summed E-state index contributed by atoms with van der Waals surface area (Å²) in [5.74, 6) is 0.949. The number of hydrogen-bond donors (Lipinski definition) is 2. The maximum atomic E-state index is 12.3. The molecule has 0 spiro atoms. The van der Waals surface area contributed by atoms with Crippen LogP contribution in [0.25, 0.3) is 0 Å². The number of aliphatic carboxylic acids is 1. The molecule has 0 bridgehead atoms. The Morgan fingerprint density at radius 3 is 2.24 bits per heavy atom. The van der Waals surface area contributed by atoms with Crippen LogP contribution in [0, 0.1) is 17.8 Å². The Morgan fingerprint density at radius 2 is 1.94 bits per heavy atom. The number of rotatable bonds is 7. The van der Waals surface area contributed by atoms with Gasteiger partial charge in [-0.2, -0.15) is 0 Å². The summed E-state index contributed by atoms with van der Waals surface area (Å²) < 4.78 is 0. The fourth-order valence-corrected chi connectivity index (χ4v) is 1.74. The van der Waals surface area contributed by atoms with E-state index in [-0.39, 0.29) is 25.5 Å². The molecule has 0 fully saturated rings. The van der Waals surface area contributed by atoms with Crippen LogP contribution in [0.1, 0.15) is 26.7 Å². The number of nitrogens with zero attached hydrogens (tertiary/aromatic N) is 1.